The minimum Gasteiger partial charge on any atom is -0.382 e. The van der Waals surface area contributed by atoms with Crippen LogP contribution in [0.2, 0.25) is 0 Å². The molecule has 0 amide bonds. The van der Waals surface area contributed by atoms with E-state index in [0.29, 0.717) is 32.5 Å². The van der Waals surface area contributed by atoms with Gasteiger partial charge < -0.3 is 14.2 Å². The summed E-state index contributed by atoms with van der Waals surface area (Å²) in [5.41, 5.74) is 2.52. The Hall–Kier alpha value is -0.980. The van der Waals surface area contributed by atoms with Gasteiger partial charge in [-0.15, -0.1) is 0 Å². The largest absolute Gasteiger partial charge is 0.382 e. The molecular weight excluding hydrogens is 248 g/mol. The topological polar surface area (TPSA) is 68.2 Å². The lowest BCUT2D eigenvalue weighted by atomic mass is 10.0. The minimum absolute atomic E-state index is 0.315. The van der Waals surface area contributed by atoms with Gasteiger partial charge in [0.1, 0.15) is 6.79 Å². The first kappa shape index (κ1) is 18.0. The molecule has 0 bridgehead atoms. The quantitative estimate of drug-likeness (QED) is 0.329. The van der Waals surface area contributed by atoms with Crippen LogP contribution in [0.5, 0.6) is 0 Å². The fourth-order valence-corrected chi connectivity index (χ4v) is 1.42. The van der Waals surface area contributed by atoms with Crippen molar-refractivity contribution in [1.82, 2.24) is 0 Å². The molecule has 0 spiro atoms. The van der Waals surface area contributed by atoms with E-state index >= 15 is 0 Å². The molecule has 0 fully saturated rings. The van der Waals surface area contributed by atoms with Crippen LogP contribution in [0.4, 0.5) is 0 Å². The normalized spacial score (nSPS) is 10.2. The predicted octanol–water partition coefficient (Wildman–Crippen LogP) is 2.96. The molecule has 1 aromatic rings. The van der Waals surface area contributed by atoms with Gasteiger partial charge in [-0.05, 0) is 17.0 Å². The van der Waals surface area contributed by atoms with Crippen LogP contribution >= 0.6 is 0 Å². The highest BCUT2D eigenvalue weighted by atomic mass is 17.0. The van der Waals surface area contributed by atoms with Crippen molar-refractivity contribution in [3.8, 4) is 0 Å². The maximum Gasteiger partial charge on any atom is 0.147 e. The van der Waals surface area contributed by atoms with Crippen molar-refractivity contribution in [3.63, 3.8) is 0 Å². The molecule has 0 saturated heterocycles. The second-order valence-corrected chi connectivity index (χ2v) is 4.26. The van der Waals surface area contributed by atoms with E-state index in [4.69, 9.17) is 24.7 Å². The van der Waals surface area contributed by atoms with Gasteiger partial charge in [0.05, 0.1) is 19.8 Å². The highest BCUT2D eigenvalue weighted by Crippen LogP contribution is 2.14. The van der Waals surface area contributed by atoms with Gasteiger partial charge in [0.2, 0.25) is 0 Å². The van der Waals surface area contributed by atoms with Gasteiger partial charge in [-0.25, -0.2) is 0 Å². The Kier molecular flexibility index (Phi) is 11.5. The molecule has 0 aliphatic rings. The van der Waals surface area contributed by atoms with Crippen LogP contribution < -0.4 is 0 Å². The molecule has 5 nitrogen and oxygen atoms in total. The molecule has 1 rings (SSSR count). The number of hydrogen-bond donors (Lipinski definition) is 2. The highest BCUT2D eigenvalue weighted by Gasteiger charge is 1.99. The number of methoxy groups -OCH3 is 1. The van der Waals surface area contributed by atoms with Crippen LogP contribution in [0.1, 0.15) is 30.9 Å². The van der Waals surface area contributed by atoms with Gasteiger partial charge in [-0.3, -0.25) is 10.5 Å². The summed E-state index contributed by atoms with van der Waals surface area (Å²) in [4.78, 5) is 0. The average Bonchev–Trinajstić information content (AvgIpc) is 2.45. The van der Waals surface area contributed by atoms with Crippen LogP contribution in [-0.2, 0) is 20.8 Å². The highest BCUT2D eigenvalue weighted by molar-refractivity contribution is 5.24. The van der Waals surface area contributed by atoms with Crippen LogP contribution in [-0.4, -0.2) is 37.6 Å². The maximum atomic E-state index is 6.00. The van der Waals surface area contributed by atoms with E-state index in [1.807, 2.05) is 0 Å². The van der Waals surface area contributed by atoms with Crippen molar-refractivity contribution in [1.29, 1.82) is 0 Å². The molecular formula is C14H24O5. The Morgan fingerprint density at radius 1 is 1.00 bits per heavy atom. The number of rotatable bonds is 8. The van der Waals surface area contributed by atoms with Gasteiger partial charge in [0.15, 0.2) is 0 Å². The van der Waals surface area contributed by atoms with Crippen LogP contribution in [0, 0.1) is 0 Å². The Labute approximate surface area is 114 Å². The average molecular weight is 272 g/mol. The molecule has 0 radical (unpaired) electrons. The molecule has 0 aliphatic heterocycles. The third-order valence-corrected chi connectivity index (χ3v) is 2.51. The van der Waals surface area contributed by atoms with Crippen LogP contribution in [0.15, 0.2) is 24.3 Å². The molecule has 5 heteroatoms. The van der Waals surface area contributed by atoms with Gasteiger partial charge in [0, 0.05) is 7.11 Å². The molecule has 0 aliphatic carbocycles. The standard InChI is InChI=1S/C14H22O3.H2O2/c1-12(2)14-6-4-13(5-7-14)10-17-11-16-9-8-15-3;1-2/h4-7,12H,8-11H2,1-3H3;1-2H. The van der Waals surface area contributed by atoms with E-state index in [0.717, 1.165) is 0 Å². The van der Waals surface area contributed by atoms with Crippen molar-refractivity contribution in [2.24, 2.45) is 0 Å². The Balaban J connectivity index is 0.00000154. The van der Waals surface area contributed by atoms with E-state index in [1.54, 1.807) is 7.11 Å². The third kappa shape index (κ3) is 8.69. The predicted molar refractivity (Wildman–Crippen MR) is 73.3 cm³/mol. The number of benzene rings is 1. The first-order chi connectivity index (χ1) is 9.24. The SMILES string of the molecule is COCCOCOCc1ccc(C(C)C)cc1.OO. The van der Waals surface area contributed by atoms with E-state index in [1.165, 1.54) is 11.1 Å². The zero-order valence-corrected chi connectivity index (χ0v) is 11.8. The lowest BCUT2D eigenvalue weighted by Gasteiger charge is -2.08. The van der Waals surface area contributed by atoms with Crippen molar-refractivity contribution in [2.75, 3.05) is 27.1 Å². The molecule has 110 valence electrons. The Morgan fingerprint density at radius 3 is 2.16 bits per heavy atom. The lowest BCUT2D eigenvalue weighted by Crippen LogP contribution is -2.05. The van der Waals surface area contributed by atoms with Crippen molar-refractivity contribution >= 4 is 0 Å². The Bertz CT molecular complexity index is 297. The van der Waals surface area contributed by atoms with E-state index in [-0.39, 0.29) is 0 Å². The first-order valence-electron chi connectivity index (χ1n) is 6.17. The molecule has 2 N–H and O–H groups in total. The minimum atomic E-state index is 0.315. The zero-order chi connectivity index (χ0) is 14.5. The second-order valence-electron chi connectivity index (χ2n) is 4.26. The smallest absolute Gasteiger partial charge is 0.147 e. The van der Waals surface area contributed by atoms with E-state index < -0.39 is 0 Å². The summed E-state index contributed by atoms with van der Waals surface area (Å²) in [5, 5.41) is 12.0. The first-order valence-corrected chi connectivity index (χ1v) is 6.17. The van der Waals surface area contributed by atoms with Crippen molar-refractivity contribution in [2.45, 2.75) is 26.4 Å². The fourth-order valence-electron chi connectivity index (χ4n) is 1.42. The summed E-state index contributed by atoms with van der Waals surface area (Å²) >= 11 is 0. The van der Waals surface area contributed by atoms with Gasteiger partial charge in [-0.1, -0.05) is 38.1 Å². The van der Waals surface area contributed by atoms with E-state index in [9.17, 15) is 0 Å². The molecule has 0 unspecified atom stereocenters. The number of hydrogen-bond acceptors (Lipinski definition) is 5. The third-order valence-electron chi connectivity index (χ3n) is 2.51. The fraction of sp³-hybridized carbons (Fsp3) is 0.571. The molecule has 1 aromatic carbocycles. The summed E-state index contributed by atoms with van der Waals surface area (Å²) in [6.07, 6.45) is 0. The summed E-state index contributed by atoms with van der Waals surface area (Å²) < 4.78 is 15.5. The monoisotopic (exact) mass is 272 g/mol. The van der Waals surface area contributed by atoms with Gasteiger partial charge in [0.25, 0.3) is 0 Å². The summed E-state index contributed by atoms with van der Waals surface area (Å²) in [6, 6.07) is 8.50. The molecule has 0 saturated carbocycles. The van der Waals surface area contributed by atoms with Crippen LogP contribution in [0.3, 0.4) is 0 Å². The van der Waals surface area contributed by atoms with Crippen LogP contribution in [0.25, 0.3) is 0 Å². The summed E-state index contributed by atoms with van der Waals surface area (Å²) in [7, 11) is 1.65. The van der Waals surface area contributed by atoms with Gasteiger partial charge in [-0.2, -0.15) is 0 Å². The van der Waals surface area contributed by atoms with Crippen molar-refractivity contribution in [3.05, 3.63) is 35.4 Å². The molecule has 0 aromatic heterocycles. The molecule has 0 atom stereocenters. The molecule has 0 heterocycles. The molecule has 19 heavy (non-hydrogen) atoms. The summed E-state index contributed by atoms with van der Waals surface area (Å²) in [5.74, 6) is 0.572. The van der Waals surface area contributed by atoms with Gasteiger partial charge >= 0.3 is 0 Å². The Morgan fingerprint density at radius 2 is 1.63 bits per heavy atom. The lowest BCUT2D eigenvalue weighted by molar-refractivity contribution is -0.176. The maximum absolute atomic E-state index is 6.00. The van der Waals surface area contributed by atoms with E-state index in [2.05, 4.69) is 38.1 Å². The zero-order valence-electron chi connectivity index (χ0n) is 11.8. The summed E-state index contributed by atoms with van der Waals surface area (Å²) in [6.45, 7) is 6.46. The van der Waals surface area contributed by atoms with Crippen molar-refractivity contribution < 1.29 is 24.7 Å². The second kappa shape index (κ2) is 12.1. The number of ether oxygens (including phenoxy) is 3.